The fourth-order valence-electron chi connectivity index (χ4n) is 2.09. The first-order chi connectivity index (χ1) is 7.18. The molecule has 1 saturated heterocycles. The first kappa shape index (κ1) is 11.1. The van der Waals surface area contributed by atoms with Crippen LogP contribution >= 0.6 is 15.9 Å². The molecule has 0 aliphatic carbocycles. The molecule has 3 heteroatoms. The van der Waals surface area contributed by atoms with Gasteiger partial charge >= 0.3 is 0 Å². The summed E-state index contributed by atoms with van der Waals surface area (Å²) < 4.78 is 6.93. The third kappa shape index (κ3) is 2.41. The average Bonchev–Trinajstić information content (AvgIpc) is 2.17. The van der Waals surface area contributed by atoms with Gasteiger partial charge in [0.25, 0.3) is 0 Å². The molecule has 1 heterocycles. The van der Waals surface area contributed by atoms with Gasteiger partial charge in [-0.15, -0.1) is 0 Å². The lowest BCUT2D eigenvalue weighted by atomic mass is 10.0. The number of halogens is 1. The molecule has 1 aliphatic rings. The van der Waals surface area contributed by atoms with Crippen molar-refractivity contribution in [2.24, 2.45) is 0 Å². The number of ether oxygens (including phenoxy) is 1. The van der Waals surface area contributed by atoms with E-state index in [-0.39, 0.29) is 6.10 Å². The minimum absolute atomic E-state index is 0.189. The molecule has 0 spiro atoms. The van der Waals surface area contributed by atoms with E-state index in [9.17, 15) is 0 Å². The molecule has 1 aromatic rings. The van der Waals surface area contributed by atoms with E-state index >= 15 is 0 Å². The van der Waals surface area contributed by atoms with Crippen molar-refractivity contribution in [3.8, 4) is 0 Å². The van der Waals surface area contributed by atoms with Crippen LogP contribution < -0.4 is 5.32 Å². The summed E-state index contributed by atoms with van der Waals surface area (Å²) in [6, 6.07) is 4.36. The molecular formula is C12H16BrNO. The van der Waals surface area contributed by atoms with Gasteiger partial charge in [-0.2, -0.15) is 0 Å². The zero-order valence-electron chi connectivity index (χ0n) is 9.14. The van der Waals surface area contributed by atoms with E-state index in [1.807, 2.05) is 0 Å². The van der Waals surface area contributed by atoms with Crippen LogP contribution in [0, 0.1) is 13.8 Å². The van der Waals surface area contributed by atoms with E-state index in [1.165, 1.54) is 16.7 Å². The predicted molar refractivity (Wildman–Crippen MR) is 65.2 cm³/mol. The summed E-state index contributed by atoms with van der Waals surface area (Å²) in [7, 11) is 0. The first-order valence-electron chi connectivity index (χ1n) is 5.27. The summed E-state index contributed by atoms with van der Waals surface area (Å²) in [5.41, 5.74) is 3.87. The van der Waals surface area contributed by atoms with Gasteiger partial charge in [-0.3, -0.25) is 0 Å². The Kier molecular flexibility index (Phi) is 3.44. The second-order valence-electron chi connectivity index (χ2n) is 4.04. The average molecular weight is 270 g/mol. The number of benzene rings is 1. The van der Waals surface area contributed by atoms with Crippen LogP contribution in [0.2, 0.25) is 0 Å². The van der Waals surface area contributed by atoms with Crippen molar-refractivity contribution in [1.29, 1.82) is 0 Å². The van der Waals surface area contributed by atoms with Crippen molar-refractivity contribution < 1.29 is 4.74 Å². The summed E-state index contributed by atoms with van der Waals surface area (Å²) >= 11 is 3.63. The van der Waals surface area contributed by atoms with Crippen LogP contribution in [0.25, 0.3) is 0 Å². The highest BCUT2D eigenvalue weighted by molar-refractivity contribution is 9.10. The second-order valence-corrected chi connectivity index (χ2v) is 4.90. The van der Waals surface area contributed by atoms with Crippen LogP contribution in [0.4, 0.5) is 0 Å². The molecule has 1 N–H and O–H groups in total. The zero-order chi connectivity index (χ0) is 10.8. The Morgan fingerprint density at radius 1 is 1.40 bits per heavy atom. The monoisotopic (exact) mass is 269 g/mol. The van der Waals surface area contributed by atoms with Gasteiger partial charge in [-0.1, -0.05) is 22.0 Å². The van der Waals surface area contributed by atoms with Crippen molar-refractivity contribution in [2.45, 2.75) is 20.0 Å². The van der Waals surface area contributed by atoms with Crippen molar-refractivity contribution in [3.63, 3.8) is 0 Å². The Morgan fingerprint density at radius 3 is 2.80 bits per heavy atom. The smallest absolute Gasteiger partial charge is 0.0963 e. The number of rotatable bonds is 1. The maximum atomic E-state index is 5.77. The van der Waals surface area contributed by atoms with Crippen molar-refractivity contribution in [2.75, 3.05) is 19.7 Å². The highest BCUT2D eigenvalue weighted by Gasteiger charge is 2.20. The van der Waals surface area contributed by atoms with E-state index in [0.717, 1.165) is 24.2 Å². The molecular weight excluding hydrogens is 254 g/mol. The van der Waals surface area contributed by atoms with Gasteiger partial charge in [0, 0.05) is 17.6 Å². The second kappa shape index (κ2) is 4.64. The molecule has 82 valence electrons. The van der Waals surface area contributed by atoms with E-state index < -0.39 is 0 Å². The lowest BCUT2D eigenvalue weighted by Crippen LogP contribution is -2.33. The molecule has 2 nitrogen and oxygen atoms in total. The Hall–Kier alpha value is -0.380. The molecule has 0 aromatic heterocycles. The lowest BCUT2D eigenvalue weighted by Gasteiger charge is -2.26. The Labute approximate surface area is 99.1 Å². The third-order valence-corrected chi connectivity index (χ3v) is 3.39. The molecule has 1 aromatic carbocycles. The van der Waals surface area contributed by atoms with Crippen LogP contribution in [0.15, 0.2) is 16.6 Å². The van der Waals surface area contributed by atoms with Gasteiger partial charge in [0.05, 0.1) is 12.7 Å². The fraction of sp³-hybridized carbons (Fsp3) is 0.500. The third-order valence-electron chi connectivity index (χ3n) is 2.73. The van der Waals surface area contributed by atoms with Gasteiger partial charge < -0.3 is 10.1 Å². The molecule has 1 atom stereocenters. The van der Waals surface area contributed by atoms with Gasteiger partial charge in [0.2, 0.25) is 0 Å². The number of hydrogen-bond acceptors (Lipinski definition) is 2. The minimum atomic E-state index is 0.189. The number of morpholine rings is 1. The molecule has 1 aliphatic heterocycles. The summed E-state index contributed by atoms with van der Waals surface area (Å²) in [6.45, 7) is 6.92. The van der Waals surface area contributed by atoms with E-state index in [0.29, 0.717) is 0 Å². The Balaban J connectivity index is 2.33. The number of hydrogen-bond donors (Lipinski definition) is 1. The van der Waals surface area contributed by atoms with Gasteiger partial charge in [0.1, 0.15) is 0 Å². The largest absolute Gasteiger partial charge is 0.371 e. The van der Waals surface area contributed by atoms with Crippen LogP contribution in [0.5, 0.6) is 0 Å². The molecule has 1 fully saturated rings. The molecule has 0 amide bonds. The maximum Gasteiger partial charge on any atom is 0.0963 e. The zero-order valence-corrected chi connectivity index (χ0v) is 10.7. The number of aryl methyl sites for hydroxylation is 2. The highest BCUT2D eigenvalue weighted by atomic mass is 79.9. The SMILES string of the molecule is Cc1cc(C)c(C2CNCCO2)c(Br)c1. The Morgan fingerprint density at radius 2 is 2.20 bits per heavy atom. The molecule has 1 unspecified atom stereocenters. The number of nitrogens with one attached hydrogen (secondary N) is 1. The molecule has 15 heavy (non-hydrogen) atoms. The minimum Gasteiger partial charge on any atom is -0.371 e. The summed E-state index contributed by atoms with van der Waals surface area (Å²) in [6.07, 6.45) is 0.189. The van der Waals surface area contributed by atoms with E-state index in [2.05, 4.69) is 47.2 Å². The predicted octanol–water partition coefficient (Wildman–Crippen LogP) is 2.73. The normalized spacial score (nSPS) is 21.7. The Bertz CT molecular complexity index is 336. The maximum absolute atomic E-state index is 5.77. The van der Waals surface area contributed by atoms with Crippen LogP contribution in [-0.4, -0.2) is 19.7 Å². The van der Waals surface area contributed by atoms with Gasteiger partial charge in [-0.05, 0) is 36.6 Å². The van der Waals surface area contributed by atoms with Crippen molar-refractivity contribution in [3.05, 3.63) is 33.3 Å². The first-order valence-corrected chi connectivity index (χ1v) is 6.07. The van der Waals surface area contributed by atoms with Crippen LogP contribution in [0.3, 0.4) is 0 Å². The van der Waals surface area contributed by atoms with Crippen LogP contribution in [-0.2, 0) is 4.74 Å². The van der Waals surface area contributed by atoms with E-state index in [4.69, 9.17) is 4.74 Å². The molecule has 0 radical (unpaired) electrons. The topological polar surface area (TPSA) is 21.3 Å². The van der Waals surface area contributed by atoms with Gasteiger partial charge in [-0.25, -0.2) is 0 Å². The summed E-state index contributed by atoms with van der Waals surface area (Å²) in [5.74, 6) is 0. The van der Waals surface area contributed by atoms with Crippen molar-refractivity contribution in [1.82, 2.24) is 5.32 Å². The summed E-state index contributed by atoms with van der Waals surface area (Å²) in [5, 5.41) is 3.36. The fourth-order valence-corrected chi connectivity index (χ4v) is 3.01. The molecule has 0 bridgehead atoms. The quantitative estimate of drug-likeness (QED) is 0.847. The van der Waals surface area contributed by atoms with Crippen molar-refractivity contribution >= 4 is 15.9 Å². The molecule has 2 rings (SSSR count). The van der Waals surface area contributed by atoms with Gasteiger partial charge in [0.15, 0.2) is 0 Å². The molecule has 0 saturated carbocycles. The lowest BCUT2D eigenvalue weighted by molar-refractivity contribution is 0.0269. The highest BCUT2D eigenvalue weighted by Crippen LogP contribution is 2.30. The summed E-state index contributed by atoms with van der Waals surface area (Å²) in [4.78, 5) is 0. The standard InChI is InChI=1S/C12H16BrNO/c1-8-5-9(2)12(10(13)6-8)11-7-14-3-4-15-11/h5-6,11,14H,3-4,7H2,1-2H3. The van der Waals surface area contributed by atoms with E-state index in [1.54, 1.807) is 0 Å². The van der Waals surface area contributed by atoms with Crippen LogP contribution in [0.1, 0.15) is 22.8 Å².